The summed E-state index contributed by atoms with van der Waals surface area (Å²) < 4.78 is 0. The summed E-state index contributed by atoms with van der Waals surface area (Å²) in [6.45, 7) is 7.15. The fourth-order valence-corrected chi connectivity index (χ4v) is 2.44. The van der Waals surface area contributed by atoms with E-state index in [-0.39, 0.29) is 18.0 Å². The van der Waals surface area contributed by atoms with Crippen molar-refractivity contribution in [2.24, 2.45) is 10.7 Å². The molecule has 16 heavy (non-hydrogen) atoms. The molecule has 2 atom stereocenters. The molecule has 1 saturated heterocycles. The Morgan fingerprint density at radius 2 is 2.25 bits per heavy atom. The highest BCUT2D eigenvalue weighted by Gasteiger charge is 2.33. The number of nitrogens with two attached hydrogens (primary N) is 1. The summed E-state index contributed by atoms with van der Waals surface area (Å²) >= 11 is 0. The first-order valence-electron chi connectivity index (χ1n) is 5.61. The van der Waals surface area contributed by atoms with Crippen molar-refractivity contribution in [1.29, 1.82) is 5.41 Å². The van der Waals surface area contributed by atoms with Crippen LogP contribution in [-0.4, -0.2) is 35.3 Å². The van der Waals surface area contributed by atoms with Gasteiger partial charge in [0.05, 0.1) is 12.1 Å². The maximum Gasteiger partial charge on any atom is 0.185 e. The number of nitrogens with one attached hydrogen (secondary N) is 2. The maximum atomic E-state index is 7.26. The molecule has 5 heteroatoms. The van der Waals surface area contributed by atoms with Crippen LogP contribution in [0.25, 0.3) is 0 Å². The highest BCUT2D eigenvalue weighted by Crippen LogP contribution is 2.30. The molecule has 2 rings (SSSR count). The van der Waals surface area contributed by atoms with Crippen molar-refractivity contribution in [2.75, 3.05) is 6.54 Å². The van der Waals surface area contributed by atoms with Crippen molar-refractivity contribution in [3.05, 3.63) is 11.3 Å². The highest BCUT2D eigenvalue weighted by atomic mass is 15.3. The topological polar surface area (TPSA) is 77.5 Å². The third-order valence-electron chi connectivity index (χ3n) is 3.38. The van der Waals surface area contributed by atoms with Gasteiger partial charge in [0.15, 0.2) is 5.96 Å². The lowest BCUT2D eigenvalue weighted by atomic mass is 10.0. The van der Waals surface area contributed by atoms with E-state index in [4.69, 9.17) is 11.1 Å². The van der Waals surface area contributed by atoms with E-state index in [1.54, 1.807) is 0 Å². The fourth-order valence-electron chi connectivity index (χ4n) is 2.44. The summed E-state index contributed by atoms with van der Waals surface area (Å²) in [5.74, 6) is 1.12. The van der Waals surface area contributed by atoms with Gasteiger partial charge >= 0.3 is 0 Å². The quantitative estimate of drug-likeness (QED) is 0.449. The number of hydrogen-bond donors (Lipinski definition) is 3. The zero-order valence-electron chi connectivity index (χ0n) is 10.0. The molecule has 2 aliphatic heterocycles. The molecule has 88 valence electrons. The third kappa shape index (κ3) is 1.77. The van der Waals surface area contributed by atoms with Crippen molar-refractivity contribution in [3.8, 4) is 0 Å². The van der Waals surface area contributed by atoms with Crippen LogP contribution in [0.5, 0.6) is 0 Å². The standard InChI is InChI=1S/C11H19N5/c1-6-7(2)14-8(3)16-5-9(4-10(6)16)15-11(12)13/h7,9H,4-5H2,1-3H3,(H4,12,13,15)/t7-,9-/m0/s1. The average molecular weight is 221 g/mol. The second-order valence-corrected chi connectivity index (χ2v) is 4.55. The summed E-state index contributed by atoms with van der Waals surface area (Å²) in [4.78, 5) is 6.82. The molecule has 0 radical (unpaired) electrons. The van der Waals surface area contributed by atoms with Gasteiger partial charge in [-0.1, -0.05) is 0 Å². The third-order valence-corrected chi connectivity index (χ3v) is 3.38. The van der Waals surface area contributed by atoms with Gasteiger partial charge in [-0.25, -0.2) is 0 Å². The lowest BCUT2D eigenvalue weighted by Gasteiger charge is -2.28. The minimum absolute atomic E-state index is 0.0470. The summed E-state index contributed by atoms with van der Waals surface area (Å²) in [6.07, 6.45) is 0.933. The van der Waals surface area contributed by atoms with Crippen LogP contribution in [0.1, 0.15) is 27.2 Å². The van der Waals surface area contributed by atoms with Crippen molar-refractivity contribution < 1.29 is 0 Å². The number of amidine groups is 1. The monoisotopic (exact) mass is 221 g/mol. The SMILES string of the molecule is CC1=N[C@@H](C)C(C)=C2C[C@H](NC(=N)N)CN12. The van der Waals surface area contributed by atoms with Gasteiger partial charge in [0, 0.05) is 18.7 Å². The van der Waals surface area contributed by atoms with Crippen molar-refractivity contribution in [3.63, 3.8) is 0 Å². The second kappa shape index (κ2) is 3.81. The van der Waals surface area contributed by atoms with E-state index < -0.39 is 0 Å². The first kappa shape index (κ1) is 11.0. The van der Waals surface area contributed by atoms with E-state index in [1.165, 1.54) is 11.3 Å². The van der Waals surface area contributed by atoms with E-state index in [0.29, 0.717) is 0 Å². The lowest BCUT2D eigenvalue weighted by molar-refractivity contribution is 0.517. The fraction of sp³-hybridized carbons (Fsp3) is 0.636. The molecule has 2 heterocycles. The van der Waals surface area contributed by atoms with Crippen LogP contribution in [0.2, 0.25) is 0 Å². The molecule has 0 unspecified atom stereocenters. The van der Waals surface area contributed by atoms with Crippen LogP contribution in [0.3, 0.4) is 0 Å². The number of nitrogens with zero attached hydrogens (tertiary/aromatic N) is 2. The molecule has 0 aromatic heterocycles. The molecule has 5 nitrogen and oxygen atoms in total. The Kier molecular flexibility index (Phi) is 2.61. The molecule has 0 aromatic rings. The normalized spacial score (nSPS) is 28.9. The minimum atomic E-state index is 0.0470. The molecular formula is C11H19N5. The molecule has 4 N–H and O–H groups in total. The predicted molar refractivity (Wildman–Crippen MR) is 65.4 cm³/mol. The molecule has 0 saturated carbocycles. The molecule has 1 fully saturated rings. The van der Waals surface area contributed by atoms with Crippen LogP contribution < -0.4 is 11.1 Å². The summed E-state index contributed by atoms with van der Waals surface area (Å²) in [5, 5.41) is 10.2. The molecule has 2 aliphatic rings. The predicted octanol–water partition coefficient (Wildman–Crippen LogP) is 0.638. The van der Waals surface area contributed by atoms with Gasteiger partial charge in [-0.15, -0.1) is 0 Å². The van der Waals surface area contributed by atoms with Crippen LogP contribution in [0.15, 0.2) is 16.3 Å². The Morgan fingerprint density at radius 1 is 1.56 bits per heavy atom. The van der Waals surface area contributed by atoms with E-state index in [0.717, 1.165) is 18.8 Å². The van der Waals surface area contributed by atoms with Gasteiger partial charge in [0.1, 0.15) is 5.84 Å². The zero-order valence-corrected chi connectivity index (χ0v) is 10.0. The molecular weight excluding hydrogens is 202 g/mol. The first-order valence-corrected chi connectivity index (χ1v) is 5.61. The summed E-state index contributed by atoms with van der Waals surface area (Å²) in [7, 11) is 0. The second-order valence-electron chi connectivity index (χ2n) is 4.55. The zero-order chi connectivity index (χ0) is 11.9. The van der Waals surface area contributed by atoms with Gasteiger partial charge in [0.2, 0.25) is 0 Å². The van der Waals surface area contributed by atoms with Crippen molar-refractivity contribution >= 4 is 11.8 Å². The highest BCUT2D eigenvalue weighted by molar-refractivity contribution is 5.84. The number of hydrogen-bond acceptors (Lipinski definition) is 3. The van der Waals surface area contributed by atoms with E-state index >= 15 is 0 Å². The van der Waals surface area contributed by atoms with Crippen molar-refractivity contribution in [2.45, 2.75) is 39.3 Å². The number of fused-ring (bicyclic) bond motifs is 1. The van der Waals surface area contributed by atoms with E-state index in [1.807, 2.05) is 6.92 Å². The molecule has 0 aliphatic carbocycles. The van der Waals surface area contributed by atoms with Gasteiger partial charge in [-0.3, -0.25) is 10.4 Å². The van der Waals surface area contributed by atoms with E-state index in [2.05, 4.69) is 29.1 Å². The Balaban J connectivity index is 2.20. The minimum Gasteiger partial charge on any atom is -0.370 e. The largest absolute Gasteiger partial charge is 0.370 e. The summed E-state index contributed by atoms with van der Waals surface area (Å²) in [5.41, 5.74) is 8.04. The Morgan fingerprint density at radius 3 is 2.88 bits per heavy atom. The molecule has 0 bridgehead atoms. The Labute approximate surface area is 95.9 Å². The van der Waals surface area contributed by atoms with Crippen molar-refractivity contribution in [1.82, 2.24) is 10.2 Å². The average Bonchev–Trinajstić information content (AvgIpc) is 2.58. The van der Waals surface area contributed by atoms with Gasteiger partial charge in [-0.2, -0.15) is 0 Å². The van der Waals surface area contributed by atoms with Crippen LogP contribution in [0, 0.1) is 5.41 Å². The number of aliphatic imine (C=N–C) groups is 1. The Hall–Kier alpha value is -1.52. The van der Waals surface area contributed by atoms with Gasteiger partial charge < -0.3 is 16.0 Å². The first-order chi connectivity index (χ1) is 7.49. The van der Waals surface area contributed by atoms with Gasteiger partial charge in [-0.05, 0) is 26.3 Å². The summed E-state index contributed by atoms with van der Waals surface area (Å²) in [6, 6.07) is 0.514. The molecule has 0 spiro atoms. The van der Waals surface area contributed by atoms with Crippen LogP contribution in [-0.2, 0) is 0 Å². The maximum absolute atomic E-state index is 7.26. The van der Waals surface area contributed by atoms with Crippen LogP contribution in [0.4, 0.5) is 0 Å². The molecule has 0 amide bonds. The smallest absolute Gasteiger partial charge is 0.185 e. The Bertz CT molecular complexity index is 382. The number of guanidine groups is 1. The molecule has 0 aromatic carbocycles. The van der Waals surface area contributed by atoms with E-state index in [9.17, 15) is 0 Å². The number of rotatable bonds is 1. The van der Waals surface area contributed by atoms with Gasteiger partial charge in [0.25, 0.3) is 0 Å². The van der Waals surface area contributed by atoms with Crippen LogP contribution >= 0.6 is 0 Å². The lowest BCUT2D eigenvalue weighted by Crippen LogP contribution is -2.41.